The highest BCUT2D eigenvalue weighted by Crippen LogP contribution is 2.32. The van der Waals surface area contributed by atoms with Crippen LogP contribution in [-0.4, -0.2) is 17.9 Å². The minimum atomic E-state index is -0.664. The monoisotopic (exact) mass is 444 g/mol. The van der Waals surface area contributed by atoms with E-state index in [-0.39, 0.29) is 17.7 Å². The highest BCUT2D eigenvalue weighted by atomic mass is 79.9. The van der Waals surface area contributed by atoms with Crippen molar-refractivity contribution in [2.45, 2.75) is 46.6 Å². The maximum Gasteiger partial charge on any atom is 0.265 e. The lowest BCUT2D eigenvalue weighted by molar-refractivity contribution is -0.122. The number of aryl methyl sites for hydroxylation is 2. The third-order valence-corrected chi connectivity index (χ3v) is 5.34. The van der Waals surface area contributed by atoms with Gasteiger partial charge in [-0.25, -0.2) is 0 Å². The van der Waals surface area contributed by atoms with Crippen molar-refractivity contribution in [2.24, 2.45) is 5.92 Å². The zero-order valence-electron chi connectivity index (χ0n) is 16.6. The number of nitrogens with one attached hydrogen (secondary N) is 2. The molecular formula is C22H25BrN2O3. The first-order valence-electron chi connectivity index (χ1n) is 9.41. The van der Waals surface area contributed by atoms with Crippen LogP contribution in [0, 0.1) is 26.7 Å². The van der Waals surface area contributed by atoms with Crippen LogP contribution >= 0.6 is 15.9 Å². The fraction of sp³-hybridized carbons (Fsp3) is 0.364. The molecule has 2 aromatic rings. The number of benzene rings is 2. The van der Waals surface area contributed by atoms with Gasteiger partial charge in [-0.15, -0.1) is 0 Å². The number of anilines is 2. The van der Waals surface area contributed by atoms with E-state index in [1.165, 1.54) is 0 Å². The van der Waals surface area contributed by atoms with E-state index in [9.17, 15) is 9.59 Å². The van der Waals surface area contributed by atoms with Crippen LogP contribution in [0.4, 0.5) is 11.4 Å². The molecule has 0 heterocycles. The van der Waals surface area contributed by atoms with E-state index in [1.807, 2.05) is 51.1 Å². The minimum Gasteiger partial charge on any atom is -0.480 e. The number of amides is 2. The Morgan fingerprint density at radius 1 is 1.07 bits per heavy atom. The van der Waals surface area contributed by atoms with Crippen LogP contribution in [0.15, 0.2) is 34.8 Å². The molecule has 148 valence electrons. The lowest BCUT2D eigenvalue weighted by Gasteiger charge is -2.19. The molecule has 1 aliphatic carbocycles. The Kier molecular flexibility index (Phi) is 6.08. The molecule has 0 aliphatic heterocycles. The van der Waals surface area contributed by atoms with Crippen LogP contribution < -0.4 is 15.4 Å². The van der Waals surface area contributed by atoms with Crippen molar-refractivity contribution < 1.29 is 14.3 Å². The van der Waals surface area contributed by atoms with Gasteiger partial charge in [-0.05, 0) is 81.5 Å². The van der Waals surface area contributed by atoms with Crippen LogP contribution in [0.25, 0.3) is 0 Å². The quantitative estimate of drug-likeness (QED) is 0.648. The third-order valence-electron chi connectivity index (χ3n) is 4.89. The molecule has 1 unspecified atom stereocenters. The van der Waals surface area contributed by atoms with Crippen molar-refractivity contribution in [1.29, 1.82) is 0 Å². The van der Waals surface area contributed by atoms with Gasteiger partial charge in [0.05, 0.1) is 0 Å². The summed E-state index contributed by atoms with van der Waals surface area (Å²) in [6.45, 7) is 7.51. The van der Waals surface area contributed by atoms with Crippen molar-refractivity contribution in [3.05, 3.63) is 51.5 Å². The molecule has 1 fully saturated rings. The number of carbonyl (C=O) groups is 2. The van der Waals surface area contributed by atoms with E-state index in [4.69, 9.17) is 4.74 Å². The topological polar surface area (TPSA) is 67.4 Å². The Labute approximate surface area is 174 Å². The fourth-order valence-corrected chi connectivity index (χ4v) is 3.72. The maximum atomic E-state index is 12.7. The molecule has 0 spiro atoms. The lowest BCUT2D eigenvalue weighted by Crippen LogP contribution is -2.31. The van der Waals surface area contributed by atoms with Gasteiger partial charge in [-0.1, -0.05) is 22.0 Å². The first kappa shape index (κ1) is 20.4. The summed E-state index contributed by atoms with van der Waals surface area (Å²) >= 11 is 3.47. The molecule has 0 bridgehead atoms. The normalized spacial score (nSPS) is 14.3. The predicted molar refractivity (Wildman–Crippen MR) is 115 cm³/mol. The number of halogens is 1. The summed E-state index contributed by atoms with van der Waals surface area (Å²) in [5, 5.41) is 5.86. The Hall–Kier alpha value is -2.34. The van der Waals surface area contributed by atoms with Gasteiger partial charge in [-0.3, -0.25) is 9.59 Å². The molecule has 1 saturated carbocycles. The number of ether oxygens (including phenoxy) is 1. The van der Waals surface area contributed by atoms with E-state index >= 15 is 0 Å². The van der Waals surface area contributed by atoms with Gasteiger partial charge >= 0.3 is 0 Å². The van der Waals surface area contributed by atoms with Gasteiger partial charge in [0.2, 0.25) is 5.91 Å². The Balaban J connectivity index is 1.69. The smallest absolute Gasteiger partial charge is 0.265 e. The second kappa shape index (κ2) is 8.35. The average molecular weight is 445 g/mol. The second-order valence-electron chi connectivity index (χ2n) is 7.36. The summed E-state index contributed by atoms with van der Waals surface area (Å²) in [6.07, 6.45) is 1.23. The molecule has 2 N–H and O–H groups in total. The minimum absolute atomic E-state index is 0.0458. The van der Waals surface area contributed by atoms with Crippen LogP contribution in [0.5, 0.6) is 5.75 Å². The van der Waals surface area contributed by atoms with Crippen molar-refractivity contribution in [1.82, 2.24) is 0 Å². The van der Waals surface area contributed by atoms with Crippen molar-refractivity contribution >= 4 is 39.1 Å². The summed E-state index contributed by atoms with van der Waals surface area (Å²) in [7, 11) is 0. The van der Waals surface area contributed by atoms with E-state index in [1.54, 1.807) is 6.92 Å². The highest BCUT2D eigenvalue weighted by Gasteiger charge is 2.30. The lowest BCUT2D eigenvalue weighted by atomic mass is 10.1. The largest absolute Gasteiger partial charge is 0.480 e. The predicted octanol–water partition coefficient (Wildman–Crippen LogP) is 5.13. The molecule has 2 aromatic carbocycles. The van der Waals surface area contributed by atoms with E-state index < -0.39 is 6.10 Å². The van der Waals surface area contributed by atoms with E-state index in [0.29, 0.717) is 11.4 Å². The summed E-state index contributed by atoms with van der Waals surface area (Å²) in [6, 6.07) is 9.41. The number of rotatable bonds is 6. The zero-order chi connectivity index (χ0) is 20.4. The summed E-state index contributed by atoms with van der Waals surface area (Å²) < 4.78 is 6.92. The second-order valence-corrected chi connectivity index (χ2v) is 8.28. The third kappa shape index (κ3) is 4.73. The molecule has 2 amide bonds. The molecule has 1 aliphatic rings. The van der Waals surface area contributed by atoms with Crippen molar-refractivity contribution in [3.8, 4) is 5.75 Å². The molecule has 0 saturated heterocycles. The van der Waals surface area contributed by atoms with Gasteiger partial charge in [0.15, 0.2) is 6.10 Å². The molecule has 5 nitrogen and oxygen atoms in total. The maximum absolute atomic E-state index is 12.7. The highest BCUT2D eigenvalue weighted by molar-refractivity contribution is 9.10. The van der Waals surface area contributed by atoms with Crippen molar-refractivity contribution in [2.75, 3.05) is 10.6 Å². The number of carbonyl (C=O) groups excluding carboxylic acids is 2. The zero-order valence-corrected chi connectivity index (χ0v) is 18.1. The fourth-order valence-electron chi connectivity index (χ4n) is 3.03. The van der Waals surface area contributed by atoms with Crippen LogP contribution in [0.3, 0.4) is 0 Å². The molecule has 0 aromatic heterocycles. The van der Waals surface area contributed by atoms with Gasteiger partial charge in [0.25, 0.3) is 5.91 Å². The molecule has 28 heavy (non-hydrogen) atoms. The van der Waals surface area contributed by atoms with Crippen LogP contribution in [0.1, 0.15) is 36.5 Å². The molecule has 0 radical (unpaired) electrons. The molecule has 3 rings (SSSR count). The van der Waals surface area contributed by atoms with Gasteiger partial charge in [0.1, 0.15) is 5.75 Å². The average Bonchev–Trinajstić information content (AvgIpc) is 3.46. The molecule has 6 heteroatoms. The van der Waals surface area contributed by atoms with Gasteiger partial charge < -0.3 is 15.4 Å². The SMILES string of the molecule is Cc1cc(Br)cc(C)c1OC(C)C(=O)Nc1cccc(NC(=O)C2CC2)c1C. The summed E-state index contributed by atoms with van der Waals surface area (Å²) in [4.78, 5) is 24.7. The molecular weight excluding hydrogens is 420 g/mol. The van der Waals surface area contributed by atoms with Crippen LogP contribution in [-0.2, 0) is 9.59 Å². The standard InChI is InChI=1S/C22H25BrN2O3/c1-12-10-17(23)11-13(2)20(12)28-15(4)21(26)24-18-6-5-7-19(14(18)3)25-22(27)16-8-9-16/h5-7,10-11,15-16H,8-9H2,1-4H3,(H,24,26)(H,25,27). The summed E-state index contributed by atoms with van der Waals surface area (Å²) in [5.74, 6) is 0.649. The van der Waals surface area contributed by atoms with Gasteiger partial charge in [-0.2, -0.15) is 0 Å². The number of hydrogen-bond donors (Lipinski definition) is 2. The van der Waals surface area contributed by atoms with Crippen molar-refractivity contribution in [3.63, 3.8) is 0 Å². The Bertz CT molecular complexity index is 899. The van der Waals surface area contributed by atoms with E-state index in [0.717, 1.165) is 39.7 Å². The van der Waals surface area contributed by atoms with Crippen LogP contribution in [0.2, 0.25) is 0 Å². The van der Waals surface area contributed by atoms with E-state index in [2.05, 4.69) is 26.6 Å². The Morgan fingerprint density at radius 2 is 1.64 bits per heavy atom. The summed E-state index contributed by atoms with van der Waals surface area (Å²) in [5.41, 5.74) is 4.15. The number of hydrogen-bond acceptors (Lipinski definition) is 3. The first-order valence-corrected chi connectivity index (χ1v) is 10.2. The Morgan fingerprint density at radius 3 is 2.21 bits per heavy atom. The molecule has 1 atom stereocenters. The van der Waals surface area contributed by atoms with Gasteiger partial charge in [0, 0.05) is 21.8 Å². The first-order chi connectivity index (χ1) is 13.3.